The van der Waals surface area contributed by atoms with Crippen molar-refractivity contribution in [2.75, 3.05) is 10.6 Å². The number of nitrogens with one attached hydrogen (secondary N) is 3. The third-order valence-electron chi connectivity index (χ3n) is 3.26. The van der Waals surface area contributed by atoms with Gasteiger partial charge in [0, 0.05) is 5.69 Å². The van der Waals surface area contributed by atoms with Crippen molar-refractivity contribution < 1.29 is 23.9 Å². The fourth-order valence-corrected chi connectivity index (χ4v) is 2.07. The van der Waals surface area contributed by atoms with Crippen LogP contribution in [0, 0.1) is 5.82 Å². The monoisotopic (exact) mass is 345 g/mol. The quantitative estimate of drug-likeness (QED) is 0.668. The molecular formula is C17H16FN3O4. The van der Waals surface area contributed by atoms with Crippen molar-refractivity contribution >= 4 is 29.3 Å². The maximum Gasteiger partial charge on any atom is 0.405 e. The smallest absolute Gasteiger partial charge is 0.405 e. The molecule has 25 heavy (non-hydrogen) atoms. The van der Waals surface area contributed by atoms with E-state index in [1.165, 1.54) is 19.1 Å². The lowest BCUT2D eigenvalue weighted by Gasteiger charge is -2.15. The minimum atomic E-state index is -1.37. The molecule has 0 spiro atoms. The average molecular weight is 345 g/mol. The molecule has 8 heteroatoms. The number of hydrogen-bond acceptors (Lipinski definition) is 3. The average Bonchev–Trinajstić information content (AvgIpc) is 2.55. The third-order valence-corrected chi connectivity index (χ3v) is 3.26. The van der Waals surface area contributed by atoms with Crippen molar-refractivity contribution in [3.05, 3.63) is 59.9 Å². The van der Waals surface area contributed by atoms with Gasteiger partial charge in [0.2, 0.25) is 5.91 Å². The van der Waals surface area contributed by atoms with Crippen molar-refractivity contribution in [1.82, 2.24) is 5.32 Å². The summed E-state index contributed by atoms with van der Waals surface area (Å²) in [6, 6.07) is 11.2. The highest BCUT2D eigenvalue weighted by Gasteiger charge is 2.21. The van der Waals surface area contributed by atoms with Crippen molar-refractivity contribution in [3.8, 4) is 0 Å². The van der Waals surface area contributed by atoms with E-state index in [0.717, 1.165) is 6.07 Å². The number of anilines is 2. The SMILES string of the molecule is CC(NC(=O)O)C(=O)Nc1cccc(F)c1C(=O)Nc1ccccc1. The minimum absolute atomic E-state index is 0.0579. The van der Waals surface area contributed by atoms with Gasteiger partial charge in [-0.3, -0.25) is 9.59 Å². The van der Waals surface area contributed by atoms with Gasteiger partial charge in [0.15, 0.2) is 0 Å². The van der Waals surface area contributed by atoms with E-state index in [9.17, 15) is 18.8 Å². The van der Waals surface area contributed by atoms with Crippen molar-refractivity contribution in [3.63, 3.8) is 0 Å². The van der Waals surface area contributed by atoms with Crippen molar-refractivity contribution in [1.29, 1.82) is 0 Å². The Morgan fingerprint density at radius 2 is 1.68 bits per heavy atom. The molecule has 0 aromatic heterocycles. The minimum Gasteiger partial charge on any atom is -0.465 e. The molecule has 0 aliphatic heterocycles. The highest BCUT2D eigenvalue weighted by molar-refractivity contribution is 6.10. The Bertz CT molecular complexity index is 796. The Labute approximate surface area is 142 Å². The van der Waals surface area contributed by atoms with Crippen molar-refractivity contribution in [2.45, 2.75) is 13.0 Å². The number of carbonyl (C=O) groups is 3. The maximum atomic E-state index is 14.1. The molecule has 2 aromatic rings. The van der Waals surface area contributed by atoms with Gasteiger partial charge in [-0.15, -0.1) is 0 Å². The second-order valence-corrected chi connectivity index (χ2v) is 5.14. The highest BCUT2D eigenvalue weighted by Crippen LogP contribution is 2.21. The summed E-state index contributed by atoms with van der Waals surface area (Å²) in [6.07, 6.45) is -1.37. The van der Waals surface area contributed by atoms with Gasteiger partial charge in [0.25, 0.3) is 5.91 Å². The van der Waals surface area contributed by atoms with Gasteiger partial charge in [-0.25, -0.2) is 9.18 Å². The Balaban J connectivity index is 2.22. The van der Waals surface area contributed by atoms with E-state index in [2.05, 4.69) is 10.6 Å². The molecule has 4 N–H and O–H groups in total. The molecule has 0 fully saturated rings. The second kappa shape index (κ2) is 7.91. The van der Waals surface area contributed by atoms with Gasteiger partial charge in [-0.05, 0) is 31.2 Å². The molecule has 0 aliphatic carbocycles. The first-order valence-corrected chi connectivity index (χ1v) is 7.33. The summed E-state index contributed by atoms with van der Waals surface area (Å²) in [5.74, 6) is -2.27. The van der Waals surface area contributed by atoms with Gasteiger partial charge < -0.3 is 21.1 Å². The standard InChI is InChI=1S/C17H16FN3O4/c1-10(19-17(24)25)15(22)21-13-9-5-8-12(18)14(13)16(23)20-11-6-3-2-4-7-11/h2-10,19H,1H3,(H,20,23)(H,21,22)(H,24,25). The molecule has 1 unspecified atom stereocenters. The van der Waals surface area contributed by atoms with E-state index in [1.54, 1.807) is 30.3 Å². The molecule has 130 valence electrons. The van der Waals surface area contributed by atoms with Gasteiger partial charge in [-0.2, -0.15) is 0 Å². The Morgan fingerprint density at radius 3 is 2.32 bits per heavy atom. The number of amides is 3. The first kappa shape index (κ1) is 17.9. The van der Waals surface area contributed by atoms with E-state index in [-0.39, 0.29) is 11.3 Å². The molecule has 0 bridgehead atoms. The fraction of sp³-hybridized carbons (Fsp3) is 0.118. The van der Waals surface area contributed by atoms with E-state index < -0.39 is 29.8 Å². The van der Waals surface area contributed by atoms with Gasteiger partial charge in [-0.1, -0.05) is 24.3 Å². The van der Waals surface area contributed by atoms with E-state index in [0.29, 0.717) is 5.69 Å². The van der Waals surface area contributed by atoms with Crippen LogP contribution in [0.25, 0.3) is 0 Å². The zero-order chi connectivity index (χ0) is 18.4. The molecular weight excluding hydrogens is 329 g/mol. The zero-order valence-electron chi connectivity index (χ0n) is 13.2. The second-order valence-electron chi connectivity index (χ2n) is 5.14. The van der Waals surface area contributed by atoms with Crippen LogP contribution in [-0.2, 0) is 4.79 Å². The number of hydrogen-bond donors (Lipinski definition) is 4. The lowest BCUT2D eigenvalue weighted by atomic mass is 10.1. The number of halogens is 1. The van der Waals surface area contributed by atoms with Crippen LogP contribution in [-0.4, -0.2) is 29.1 Å². The largest absolute Gasteiger partial charge is 0.465 e. The van der Waals surface area contributed by atoms with Gasteiger partial charge in [0.1, 0.15) is 11.9 Å². The number of carbonyl (C=O) groups excluding carboxylic acids is 2. The molecule has 0 aliphatic rings. The van der Waals surface area contributed by atoms with Crippen LogP contribution in [0.4, 0.5) is 20.6 Å². The first-order valence-electron chi connectivity index (χ1n) is 7.33. The van der Waals surface area contributed by atoms with Crippen LogP contribution in [0.15, 0.2) is 48.5 Å². The summed E-state index contributed by atoms with van der Waals surface area (Å²) in [6.45, 7) is 1.33. The van der Waals surface area contributed by atoms with Crippen LogP contribution in [0.3, 0.4) is 0 Å². The van der Waals surface area contributed by atoms with E-state index in [4.69, 9.17) is 5.11 Å². The Morgan fingerprint density at radius 1 is 1.00 bits per heavy atom. The predicted molar refractivity (Wildman–Crippen MR) is 90.0 cm³/mol. The Hall–Kier alpha value is -3.42. The van der Waals surface area contributed by atoms with Crippen LogP contribution in [0.5, 0.6) is 0 Å². The molecule has 0 saturated carbocycles. The molecule has 7 nitrogen and oxygen atoms in total. The molecule has 3 amide bonds. The first-order chi connectivity index (χ1) is 11.9. The molecule has 0 saturated heterocycles. The summed E-state index contributed by atoms with van der Waals surface area (Å²) < 4.78 is 14.1. The van der Waals surface area contributed by atoms with E-state index in [1.807, 2.05) is 5.32 Å². The summed E-state index contributed by atoms with van der Waals surface area (Å²) >= 11 is 0. The fourth-order valence-electron chi connectivity index (χ4n) is 2.07. The molecule has 1 atom stereocenters. The maximum absolute atomic E-state index is 14.1. The topological polar surface area (TPSA) is 108 Å². The van der Waals surface area contributed by atoms with Crippen molar-refractivity contribution in [2.24, 2.45) is 0 Å². The van der Waals surface area contributed by atoms with Crippen LogP contribution >= 0.6 is 0 Å². The summed E-state index contributed by atoms with van der Waals surface area (Å²) in [4.78, 5) is 35.0. The summed E-state index contributed by atoms with van der Waals surface area (Å²) in [5, 5.41) is 15.5. The zero-order valence-corrected chi connectivity index (χ0v) is 13.2. The van der Waals surface area contributed by atoms with Crippen LogP contribution < -0.4 is 16.0 Å². The normalized spacial score (nSPS) is 11.3. The summed E-state index contributed by atoms with van der Waals surface area (Å²) in [5.41, 5.74) is 0.0636. The molecule has 0 radical (unpaired) electrons. The van der Waals surface area contributed by atoms with E-state index >= 15 is 0 Å². The molecule has 2 rings (SSSR count). The number of carboxylic acid groups (broad SMARTS) is 1. The van der Waals surface area contributed by atoms with Crippen LogP contribution in [0.1, 0.15) is 17.3 Å². The van der Waals surface area contributed by atoms with Gasteiger partial charge >= 0.3 is 6.09 Å². The highest BCUT2D eigenvalue weighted by atomic mass is 19.1. The third kappa shape index (κ3) is 4.77. The molecule has 2 aromatic carbocycles. The lowest BCUT2D eigenvalue weighted by Crippen LogP contribution is -2.41. The molecule has 0 heterocycles. The number of benzene rings is 2. The number of para-hydroxylation sites is 1. The van der Waals surface area contributed by atoms with Gasteiger partial charge in [0.05, 0.1) is 11.3 Å². The predicted octanol–water partition coefficient (Wildman–Crippen LogP) is 2.67. The number of rotatable bonds is 5. The Kier molecular flexibility index (Phi) is 5.67. The summed E-state index contributed by atoms with van der Waals surface area (Å²) in [7, 11) is 0. The lowest BCUT2D eigenvalue weighted by molar-refractivity contribution is -0.117. The van der Waals surface area contributed by atoms with Crippen LogP contribution in [0.2, 0.25) is 0 Å².